The van der Waals surface area contributed by atoms with Crippen molar-refractivity contribution in [1.29, 1.82) is 0 Å². The molecule has 0 amide bonds. The van der Waals surface area contributed by atoms with Crippen molar-refractivity contribution >= 4 is 29.0 Å². The molecule has 0 radical (unpaired) electrons. The van der Waals surface area contributed by atoms with E-state index in [1.54, 1.807) is 0 Å². The van der Waals surface area contributed by atoms with Crippen LogP contribution in [-0.2, 0) is 4.79 Å². The number of Topliss-reactive ketones (excluding diaryl/α,β-unsaturated/α-hetero) is 1. The van der Waals surface area contributed by atoms with Gasteiger partial charge in [-0.1, -0.05) is 61.5 Å². The van der Waals surface area contributed by atoms with E-state index in [1.165, 1.54) is 15.9 Å². The largest absolute Gasteiger partial charge is 1.00 e. The Balaban J connectivity index is 0.00000225. The zero-order chi connectivity index (χ0) is 16.8. The summed E-state index contributed by atoms with van der Waals surface area (Å²) in [5, 5.41) is 3.80. The SMILES string of the molecule is CCC(=O)C[P+](c1ccccc1)(c1ccccc1)c1ccccc1.[Cl-]. The van der Waals surface area contributed by atoms with E-state index in [9.17, 15) is 4.79 Å². The Morgan fingerprint density at radius 1 is 0.680 bits per heavy atom. The van der Waals surface area contributed by atoms with Gasteiger partial charge in [-0.15, -0.1) is 0 Å². The molecule has 0 saturated carbocycles. The lowest BCUT2D eigenvalue weighted by molar-refractivity contribution is -0.116. The molecular weight excluding hydrogens is 347 g/mol. The third-order valence-corrected chi connectivity index (χ3v) is 8.76. The maximum absolute atomic E-state index is 12.6. The first kappa shape index (κ1) is 19.4. The van der Waals surface area contributed by atoms with Crippen molar-refractivity contribution in [1.82, 2.24) is 0 Å². The highest BCUT2D eigenvalue weighted by atomic mass is 35.5. The summed E-state index contributed by atoms with van der Waals surface area (Å²) < 4.78 is 0. The average Bonchev–Trinajstić information content (AvgIpc) is 2.68. The van der Waals surface area contributed by atoms with Crippen molar-refractivity contribution < 1.29 is 17.2 Å². The Labute approximate surface area is 156 Å². The van der Waals surface area contributed by atoms with Gasteiger partial charge in [0, 0.05) is 6.42 Å². The maximum Gasteiger partial charge on any atom is 0.170 e. The van der Waals surface area contributed by atoms with E-state index in [1.807, 2.05) is 25.1 Å². The van der Waals surface area contributed by atoms with E-state index in [2.05, 4.69) is 72.8 Å². The van der Waals surface area contributed by atoms with Crippen LogP contribution in [0.1, 0.15) is 13.3 Å². The topological polar surface area (TPSA) is 17.1 Å². The zero-order valence-corrected chi connectivity index (χ0v) is 16.0. The minimum atomic E-state index is -1.98. The van der Waals surface area contributed by atoms with Gasteiger partial charge < -0.3 is 12.4 Å². The van der Waals surface area contributed by atoms with Crippen molar-refractivity contribution in [2.75, 3.05) is 6.16 Å². The number of hydrogen-bond donors (Lipinski definition) is 0. The van der Waals surface area contributed by atoms with Crippen LogP contribution in [0.15, 0.2) is 91.0 Å². The van der Waals surface area contributed by atoms with Crippen molar-refractivity contribution in [2.45, 2.75) is 13.3 Å². The lowest BCUT2D eigenvalue weighted by Gasteiger charge is -2.26. The van der Waals surface area contributed by atoms with Gasteiger partial charge in [-0.3, -0.25) is 4.79 Å². The zero-order valence-electron chi connectivity index (χ0n) is 14.3. The maximum atomic E-state index is 12.6. The number of ketones is 1. The van der Waals surface area contributed by atoms with E-state index in [0.29, 0.717) is 18.4 Å². The average molecular weight is 369 g/mol. The summed E-state index contributed by atoms with van der Waals surface area (Å²) in [5.74, 6) is 0.319. The Morgan fingerprint density at radius 3 is 1.28 bits per heavy atom. The van der Waals surface area contributed by atoms with Gasteiger partial charge in [0.2, 0.25) is 0 Å². The first-order chi connectivity index (χ1) is 11.8. The van der Waals surface area contributed by atoms with Crippen LogP contribution < -0.4 is 28.3 Å². The van der Waals surface area contributed by atoms with Gasteiger partial charge >= 0.3 is 0 Å². The molecule has 0 fully saturated rings. The molecule has 3 rings (SSSR count). The fourth-order valence-corrected chi connectivity index (χ4v) is 7.38. The van der Waals surface area contributed by atoms with Crippen LogP contribution in [0.4, 0.5) is 0 Å². The highest BCUT2D eigenvalue weighted by molar-refractivity contribution is 7.96. The lowest BCUT2D eigenvalue weighted by Crippen LogP contribution is -3.00. The first-order valence-electron chi connectivity index (χ1n) is 8.34. The lowest BCUT2D eigenvalue weighted by atomic mass is 10.3. The Morgan fingerprint density at radius 2 is 1.00 bits per heavy atom. The van der Waals surface area contributed by atoms with Gasteiger partial charge in [0.1, 0.15) is 29.3 Å². The molecule has 0 N–H and O–H groups in total. The Hall–Kier alpha value is -1.95. The van der Waals surface area contributed by atoms with E-state index >= 15 is 0 Å². The molecule has 3 aromatic carbocycles. The summed E-state index contributed by atoms with van der Waals surface area (Å²) >= 11 is 0. The predicted octanol–water partition coefficient (Wildman–Crippen LogP) is 0.964. The standard InChI is InChI=1S/C22H22OP.ClH/c1-2-19(23)18-24(20-12-6-3-7-13-20,21-14-8-4-9-15-21)22-16-10-5-11-17-22;/h3-17H,2,18H2,1H3;1H/q+1;/p-1. The van der Waals surface area contributed by atoms with Crippen LogP contribution in [0, 0.1) is 0 Å². The minimum Gasteiger partial charge on any atom is -1.00 e. The van der Waals surface area contributed by atoms with Crippen molar-refractivity contribution in [3.8, 4) is 0 Å². The summed E-state index contributed by atoms with van der Waals surface area (Å²) in [6.45, 7) is 1.96. The molecule has 3 heteroatoms. The number of halogens is 1. The van der Waals surface area contributed by atoms with Crippen LogP contribution in [0.25, 0.3) is 0 Å². The Bertz CT molecular complexity index is 691. The number of carbonyl (C=O) groups is 1. The number of hydrogen-bond acceptors (Lipinski definition) is 1. The van der Waals surface area contributed by atoms with Crippen molar-refractivity contribution in [2.24, 2.45) is 0 Å². The van der Waals surface area contributed by atoms with Gasteiger partial charge in [-0.25, -0.2) is 0 Å². The van der Waals surface area contributed by atoms with Crippen molar-refractivity contribution in [3.05, 3.63) is 91.0 Å². The van der Waals surface area contributed by atoms with Crippen LogP contribution in [0.5, 0.6) is 0 Å². The number of benzene rings is 3. The smallest absolute Gasteiger partial charge is 0.170 e. The summed E-state index contributed by atoms with van der Waals surface area (Å²) in [5.41, 5.74) is 0. The van der Waals surface area contributed by atoms with Crippen LogP contribution >= 0.6 is 7.26 Å². The van der Waals surface area contributed by atoms with E-state index in [-0.39, 0.29) is 12.4 Å². The number of carbonyl (C=O) groups excluding carboxylic acids is 1. The molecule has 0 aliphatic rings. The molecule has 0 aromatic heterocycles. The normalized spacial score (nSPS) is 10.8. The van der Waals surface area contributed by atoms with Gasteiger partial charge in [0.05, 0.1) is 0 Å². The van der Waals surface area contributed by atoms with Gasteiger partial charge in [0.15, 0.2) is 5.78 Å². The molecule has 0 aliphatic carbocycles. The second-order valence-electron chi connectivity index (χ2n) is 5.87. The van der Waals surface area contributed by atoms with Crippen LogP contribution in [0.2, 0.25) is 0 Å². The number of rotatable bonds is 6. The second kappa shape index (κ2) is 8.94. The molecule has 0 heterocycles. The molecule has 0 saturated heterocycles. The van der Waals surface area contributed by atoms with Crippen molar-refractivity contribution in [3.63, 3.8) is 0 Å². The van der Waals surface area contributed by atoms with E-state index in [4.69, 9.17) is 0 Å². The fraction of sp³-hybridized carbons (Fsp3) is 0.136. The molecule has 0 atom stereocenters. The van der Waals surface area contributed by atoms with Crippen LogP contribution in [0.3, 0.4) is 0 Å². The second-order valence-corrected chi connectivity index (χ2v) is 9.35. The third kappa shape index (κ3) is 4.00. The molecule has 0 bridgehead atoms. The summed E-state index contributed by atoms with van der Waals surface area (Å²) in [7, 11) is -1.98. The summed E-state index contributed by atoms with van der Waals surface area (Å²) in [6.07, 6.45) is 1.16. The molecule has 1 nitrogen and oxygen atoms in total. The quantitative estimate of drug-likeness (QED) is 0.592. The molecule has 3 aromatic rings. The summed E-state index contributed by atoms with van der Waals surface area (Å²) in [6, 6.07) is 31.6. The first-order valence-corrected chi connectivity index (χ1v) is 10.3. The minimum absolute atomic E-state index is 0. The highest BCUT2D eigenvalue weighted by Crippen LogP contribution is 2.55. The fourth-order valence-electron chi connectivity index (χ4n) is 3.14. The molecule has 0 aliphatic heterocycles. The molecule has 0 unspecified atom stereocenters. The molecular formula is C22H22ClOP. The van der Waals surface area contributed by atoms with E-state index in [0.717, 1.165) is 0 Å². The molecule has 0 spiro atoms. The highest BCUT2D eigenvalue weighted by Gasteiger charge is 2.46. The summed E-state index contributed by atoms with van der Waals surface area (Å²) in [4.78, 5) is 12.6. The van der Waals surface area contributed by atoms with Gasteiger partial charge in [-0.2, -0.15) is 0 Å². The monoisotopic (exact) mass is 368 g/mol. The Kier molecular flexibility index (Phi) is 6.93. The molecule has 25 heavy (non-hydrogen) atoms. The van der Waals surface area contributed by atoms with Gasteiger partial charge in [-0.05, 0) is 36.4 Å². The van der Waals surface area contributed by atoms with E-state index < -0.39 is 7.26 Å². The predicted molar refractivity (Wildman–Crippen MR) is 105 cm³/mol. The third-order valence-electron chi connectivity index (χ3n) is 4.40. The molecule has 128 valence electrons. The van der Waals surface area contributed by atoms with Gasteiger partial charge in [0.25, 0.3) is 0 Å². The van der Waals surface area contributed by atoms with Crippen LogP contribution in [-0.4, -0.2) is 11.9 Å².